The Labute approximate surface area is 178 Å². The summed E-state index contributed by atoms with van der Waals surface area (Å²) in [5.74, 6) is -0.337. The van der Waals surface area contributed by atoms with Crippen LogP contribution in [0, 0.1) is 0 Å². The van der Waals surface area contributed by atoms with Gasteiger partial charge in [0.1, 0.15) is 0 Å². The Bertz CT molecular complexity index is 922. The molecule has 30 heavy (non-hydrogen) atoms. The van der Waals surface area contributed by atoms with E-state index in [0.717, 1.165) is 11.1 Å². The van der Waals surface area contributed by atoms with E-state index in [9.17, 15) is 13.2 Å². The van der Waals surface area contributed by atoms with Gasteiger partial charge in [-0.15, -0.1) is 0 Å². The SMILES string of the molecule is NC[C@@H]1C[C@H](NC(=O)[C@@H](N)CCc2ccccc2)CN1S(=O)(=O)Cc1ccccc1. The number of nitrogens with one attached hydrogen (secondary N) is 1. The van der Waals surface area contributed by atoms with E-state index in [4.69, 9.17) is 11.5 Å². The van der Waals surface area contributed by atoms with Crippen molar-refractivity contribution >= 4 is 15.9 Å². The molecule has 0 spiro atoms. The number of amides is 1. The van der Waals surface area contributed by atoms with Gasteiger partial charge < -0.3 is 16.8 Å². The third kappa shape index (κ3) is 5.89. The Morgan fingerprint density at radius 2 is 1.67 bits per heavy atom. The van der Waals surface area contributed by atoms with E-state index in [1.807, 2.05) is 48.5 Å². The molecule has 1 aliphatic rings. The first-order valence-electron chi connectivity index (χ1n) is 10.2. The molecule has 0 bridgehead atoms. The number of rotatable bonds is 9. The summed E-state index contributed by atoms with van der Waals surface area (Å²) < 4.78 is 27.3. The number of nitrogens with two attached hydrogens (primary N) is 2. The van der Waals surface area contributed by atoms with Crippen LogP contribution in [0.3, 0.4) is 0 Å². The summed E-state index contributed by atoms with van der Waals surface area (Å²) >= 11 is 0. The number of sulfonamides is 1. The normalized spacial score (nSPS) is 20.7. The summed E-state index contributed by atoms with van der Waals surface area (Å²) in [5.41, 5.74) is 13.8. The fourth-order valence-electron chi connectivity index (χ4n) is 3.82. The van der Waals surface area contributed by atoms with Crippen LogP contribution in [0.5, 0.6) is 0 Å². The lowest BCUT2D eigenvalue weighted by Gasteiger charge is -2.22. The third-order valence-corrected chi connectivity index (χ3v) is 7.32. The van der Waals surface area contributed by atoms with Crippen molar-refractivity contribution in [2.45, 2.75) is 43.1 Å². The molecule has 1 fully saturated rings. The fourth-order valence-corrected chi connectivity index (χ4v) is 5.63. The highest BCUT2D eigenvalue weighted by Crippen LogP contribution is 2.23. The summed E-state index contributed by atoms with van der Waals surface area (Å²) in [4.78, 5) is 12.5. The van der Waals surface area contributed by atoms with Crippen LogP contribution in [0.25, 0.3) is 0 Å². The van der Waals surface area contributed by atoms with Gasteiger partial charge in [0.05, 0.1) is 11.8 Å². The zero-order chi connectivity index (χ0) is 21.6. The molecule has 2 aromatic rings. The van der Waals surface area contributed by atoms with E-state index in [0.29, 0.717) is 19.3 Å². The largest absolute Gasteiger partial charge is 0.351 e. The molecule has 3 rings (SSSR count). The van der Waals surface area contributed by atoms with E-state index in [2.05, 4.69) is 5.32 Å². The first-order valence-corrected chi connectivity index (χ1v) is 11.8. The lowest BCUT2D eigenvalue weighted by atomic mass is 10.0. The third-order valence-electron chi connectivity index (χ3n) is 5.46. The standard InChI is InChI=1S/C22H30N4O3S/c23-14-20-13-19(15-26(20)30(28,29)16-18-9-5-2-6-10-18)25-22(27)21(24)12-11-17-7-3-1-4-8-17/h1-10,19-21H,11-16,23-24H2,(H,25,27)/t19-,20-,21-/m0/s1. The van der Waals surface area contributed by atoms with Gasteiger partial charge >= 0.3 is 0 Å². The highest BCUT2D eigenvalue weighted by molar-refractivity contribution is 7.88. The topological polar surface area (TPSA) is 119 Å². The second-order valence-electron chi connectivity index (χ2n) is 7.77. The first-order chi connectivity index (χ1) is 14.4. The molecule has 7 nitrogen and oxygen atoms in total. The van der Waals surface area contributed by atoms with Crippen molar-refractivity contribution in [3.05, 3.63) is 71.8 Å². The average molecular weight is 431 g/mol. The summed E-state index contributed by atoms with van der Waals surface area (Å²) in [5, 5.41) is 2.92. The quantitative estimate of drug-likeness (QED) is 0.548. The van der Waals surface area contributed by atoms with E-state index in [1.54, 1.807) is 12.1 Å². The number of hydrogen-bond donors (Lipinski definition) is 3. The maximum absolute atomic E-state index is 12.9. The highest BCUT2D eigenvalue weighted by Gasteiger charge is 2.39. The van der Waals surface area contributed by atoms with Crippen molar-refractivity contribution in [3.8, 4) is 0 Å². The maximum atomic E-state index is 12.9. The Balaban J connectivity index is 1.56. The fraction of sp³-hybridized carbons (Fsp3) is 0.409. The van der Waals surface area contributed by atoms with Crippen LogP contribution in [0.1, 0.15) is 24.0 Å². The monoisotopic (exact) mass is 430 g/mol. The predicted molar refractivity (Wildman–Crippen MR) is 118 cm³/mol. The van der Waals surface area contributed by atoms with Crippen molar-refractivity contribution in [1.82, 2.24) is 9.62 Å². The molecule has 162 valence electrons. The molecule has 0 saturated carbocycles. The summed E-state index contributed by atoms with van der Waals surface area (Å²) in [6.45, 7) is 0.425. The molecule has 1 amide bonds. The van der Waals surface area contributed by atoms with Crippen molar-refractivity contribution < 1.29 is 13.2 Å². The van der Waals surface area contributed by atoms with E-state index in [1.165, 1.54) is 4.31 Å². The number of nitrogens with zero attached hydrogens (tertiary/aromatic N) is 1. The number of benzene rings is 2. The van der Waals surface area contributed by atoms with E-state index in [-0.39, 0.29) is 36.8 Å². The summed E-state index contributed by atoms with van der Waals surface area (Å²) in [7, 11) is -3.54. The van der Waals surface area contributed by atoms with Crippen molar-refractivity contribution in [2.75, 3.05) is 13.1 Å². The first kappa shape index (κ1) is 22.4. The number of hydrogen-bond acceptors (Lipinski definition) is 5. The molecule has 2 aromatic carbocycles. The summed E-state index contributed by atoms with van der Waals surface area (Å²) in [6, 6.07) is 17.7. The second-order valence-corrected chi connectivity index (χ2v) is 9.69. The van der Waals surface area contributed by atoms with Gasteiger partial charge in [0.15, 0.2) is 0 Å². The lowest BCUT2D eigenvalue weighted by Crippen LogP contribution is -2.46. The molecule has 1 heterocycles. The average Bonchev–Trinajstić information content (AvgIpc) is 3.17. The predicted octanol–water partition coefficient (Wildman–Crippen LogP) is 0.994. The Morgan fingerprint density at radius 3 is 2.27 bits per heavy atom. The van der Waals surface area contributed by atoms with E-state index < -0.39 is 16.1 Å². The van der Waals surface area contributed by atoms with Crippen molar-refractivity contribution in [3.63, 3.8) is 0 Å². The molecule has 0 aromatic heterocycles. The number of aryl methyl sites for hydroxylation is 1. The Kier molecular flexibility index (Phi) is 7.60. The molecule has 3 atom stereocenters. The van der Waals surface area contributed by atoms with Gasteiger partial charge in [-0.1, -0.05) is 60.7 Å². The molecule has 1 aliphatic heterocycles. The Hall–Kier alpha value is -2.26. The van der Waals surface area contributed by atoms with Gasteiger partial charge in [-0.2, -0.15) is 4.31 Å². The van der Waals surface area contributed by atoms with Crippen LogP contribution in [0.4, 0.5) is 0 Å². The van der Waals surface area contributed by atoms with Gasteiger partial charge in [0.25, 0.3) is 0 Å². The number of carbonyl (C=O) groups is 1. The Morgan fingerprint density at radius 1 is 1.07 bits per heavy atom. The zero-order valence-corrected chi connectivity index (χ0v) is 17.8. The second kappa shape index (κ2) is 10.2. The van der Waals surface area contributed by atoms with Crippen LogP contribution in [0.15, 0.2) is 60.7 Å². The lowest BCUT2D eigenvalue weighted by molar-refractivity contribution is -0.123. The van der Waals surface area contributed by atoms with Crippen LogP contribution in [-0.4, -0.2) is 49.8 Å². The molecule has 0 aliphatic carbocycles. The molecular formula is C22H30N4O3S. The minimum Gasteiger partial charge on any atom is -0.351 e. The van der Waals surface area contributed by atoms with Crippen molar-refractivity contribution in [1.29, 1.82) is 0 Å². The number of carbonyl (C=O) groups excluding carboxylic acids is 1. The smallest absolute Gasteiger partial charge is 0.237 e. The minimum atomic E-state index is -3.54. The molecule has 5 N–H and O–H groups in total. The van der Waals surface area contributed by atoms with Gasteiger partial charge in [-0.25, -0.2) is 8.42 Å². The van der Waals surface area contributed by atoms with Crippen LogP contribution >= 0.6 is 0 Å². The minimum absolute atomic E-state index is 0.0818. The van der Waals surface area contributed by atoms with E-state index >= 15 is 0 Å². The molecule has 0 unspecified atom stereocenters. The highest BCUT2D eigenvalue weighted by atomic mass is 32.2. The van der Waals surface area contributed by atoms with Gasteiger partial charge in [0.2, 0.25) is 15.9 Å². The maximum Gasteiger partial charge on any atom is 0.237 e. The zero-order valence-electron chi connectivity index (χ0n) is 17.0. The van der Waals surface area contributed by atoms with Gasteiger partial charge in [-0.3, -0.25) is 4.79 Å². The van der Waals surface area contributed by atoms with Crippen LogP contribution in [0.2, 0.25) is 0 Å². The summed E-state index contributed by atoms with van der Waals surface area (Å²) in [6.07, 6.45) is 1.73. The molecule has 0 radical (unpaired) electrons. The van der Waals surface area contributed by atoms with Gasteiger partial charge in [-0.05, 0) is 30.4 Å². The van der Waals surface area contributed by atoms with Gasteiger partial charge in [0, 0.05) is 25.2 Å². The van der Waals surface area contributed by atoms with Crippen LogP contribution < -0.4 is 16.8 Å². The van der Waals surface area contributed by atoms with Crippen LogP contribution in [-0.2, 0) is 27.0 Å². The molecule has 8 heteroatoms. The molecule has 1 saturated heterocycles. The van der Waals surface area contributed by atoms with Crippen molar-refractivity contribution in [2.24, 2.45) is 11.5 Å². The molecular weight excluding hydrogens is 400 g/mol.